The topological polar surface area (TPSA) is 55.4 Å². The molecule has 36 heavy (non-hydrogen) atoms. The summed E-state index contributed by atoms with van der Waals surface area (Å²) >= 11 is 0. The molecular weight excluding hydrogens is 456 g/mol. The normalized spacial score (nSPS) is 27.2. The fraction of sp³-hybridized carbons (Fsp3) is 0.333. The highest BCUT2D eigenvalue weighted by Crippen LogP contribution is 2.42. The van der Waals surface area contributed by atoms with Crippen molar-refractivity contribution >= 4 is 0 Å². The Morgan fingerprint density at radius 3 is 1.67 bits per heavy atom. The predicted octanol–water partition coefficient (Wildman–Crippen LogP) is 5.38. The first-order valence-electron chi connectivity index (χ1n) is 12.3. The van der Waals surface area contributed by atoms with Crippen molar-refractivity contribution in [2.75, 3.05) is 7.11 Å². The Kier molecular flexibility index (Phi) is 8.11. The van der Waals surface area contributed by atoms with E-state index >= 15 is 0 Å². The molecule has 0 aliphatic carbocycles. The summed E-state index contributed by atoms with van der Waals surface area (Å²) in [6, 6.07) is 30.1. The van der Waals surface area contributed by atoms with Crippen LogP contribution in [0.1, 0.15) is 23.1 Å². The number of methoxy groups -OCH3 is 1. The molecule has 0 N–H and O–H groups in total. The summed E-state index contributed by atoms with van der Waals surface area (Å²) in [6.45, 7) is 1.16. The molecule has 3 aromatic rings. The van der Waals surface area contributed by atoms with Crippen LogP contribution in [0.4, 0.5) is 0 Å². The van der Waals surface area contributed by atoms with Gasteiger partial charge in [0.1, 0.15) is 12.2 Å². The third-order valence-electron chi connectivity index (χ3n) is 6.48. The van der Waals surface area contributed by atoms with Crippen LogP contribution in [0.25, 0.3) is 0 Å². The second kappa shape index (κ2) is 11.8. The van der Waals surface area contributed by atoms with Gasteiger partial charge in [-0.15, -0.1) is 0 Å². The third kappa shape index (κ3) is 5.69. The van der Waals surface area contributed by atoms with Crippen LogP contribution in [-0.2, 0) is 48.2 Å². The Balaban J connectivity index is 1.43. The molecule has 0 amide bonds. The van der Waals surface area contributed by atoms with Crippen molar-refractivity contribution in [1.82, 2.24) is 0 Å². The highest BCUT2D eigenvalue weighted by Gasteiger charge is 2.59. The minimum Gasteiger partial charge on any atom is -0.467 e. The molecule has 0 aromatic heterocycles. The summed E-state index contributed by atoms with van der Waals surface area (Å²) in [5, 5.41) is 0. The Bertz CT molecular complexity index is 1080. The van der Waals surface area contributed by atoms with Gasteiger partial charge in [-0.2, -0.15) is 0 Å². The monoisotopic (exact) mass is 488 g/mol. The lowest BCUT2D eigenvalue weighted by atomic mass is 9.93. The highest BCUT2D eigenvalue weighted by molar-refractivity contribution is 5.16. The van der Waals surface area contributed by atoms with Crippen molar-refractivity contribution in [3.63, 3.8) is 0 Å². The van der Waals surface area contributed by atoms with Crippen molar-refractivity contribution in [2.45, 2.75) is 56.6 Å². The van der Waals surface area contributed by atoms with Crippen LogP contribution in [-0.4, -0.2) is 37.5 Å². The summed E-state index contributed by atoms with van der Waals surface area (Å²) in [5.41, 5.74) is 3.16. The van der Waals surface area contributed by atoms with Crippen LogP contribution < -0.4 is 0 Å². The molecule has 1 saturated heterocycles. The highest BCUT2D eigenvalue weighted by atomic mass is 16.8. The first-order valence-corrected chi connectivity index (χ1v) is 12.3. The largest absolute Gasteiger partial charge is 0.467 e. The lowest BCUT2D eigenvalue weighted by molar-refractivity contribution is -0.398. The van der Waals surface area contributed by atoms with Gasteiger partial charge >= 0.3 is 0 Å². The van der Waals surface area contributed by atoms with Gasteiger partial charge in [-0.25, -0.2) is 0 Å². The molecule has 188 valence electrons. The van der Waals surface area contributed by atoms with Gasteiger partial charge in [0, 0.05) is 13.5 Å². The SMILES string of the molecule is CO[C@H]1O[C@@]2(CC=CO2)[C@@H](OCc2ccccc2)[C@H](OCc2ccccc2)[C@H]1OCc1ccccc1. The van der Waals surface area contributed by atoms with E-state index in [2.05, 4.69) is 0 Å². The van der Waals surface area contributed by atoms with E-state index in [9.17, 15) is 0 Å². The number of rotatable bonds is 10. The van der Waals surface area contributed by atoms with Gasteiger partial charge in [-0.3, -0.25) is 0 Å². The van der Waals surface area contributed by atoms with Crippen molar-refractivity contribution in [2.24, 2.45) is 0 Å². The maximum absolute atomic E-state index is 6.57. The molecule has 2 aliphatic rings. The summed E-state index contributed by atoms with van der Waals surface area (Å²) < 4.78 is 37.8. The van der Waals surface area contributed by atoms with Gasteiger partial charge in [-0.1, -0.05) is 91.0 Å². The van der Waals surface area contributed by atoms with Crippen LogP contribution >= 0.6 is 0 Å². The van der Waals surface area contributed by atoms with E-state index in [1.54, 1.807) is 13.4 Å². The minimum absolute atomic E-state index is 0.383. The second-order valence-corrected chi connectivity index (χ2v) is 8.97. The van der Waals surface area contributed by atoms with Gasteiger partial charge < -0.3 is 28.4 Å². The number of hydrogen-bond acceptors (Lipinski definition) is 6. The van der Waals surface area contributed by atoms with Crippen molar-refractivity contribution in [1.29, 1.82) is 0 Å². The lowest BCUT2D eigenvalue weighted by Gasteiger charge is -2.49. The Hall–Kier alpha value is -3.00. The molecule has 0 saturated carbocycles. The molecule has 1 spiro atoms. The minimum atomic E-state index is -1.07. The number of ether oxygens (including phenoxy) is 6. The van der Waals surface area contributed by atoms with Crippen molar-refractivity contribution in [3.8, 4) is 0 Å². The average Bonchev–Trinajstić information content (AvgIpc) is 3.41. The zero-order chi connectivity index (χ0) is 24.6. The van der Waals surface area contributed by atoms with E-state index in [0.717, 1.165) is 16.7 Å². The van der Waals surface area contributed by atoms with E-state index in [1.165, 1.54) is 0 Å². The lowest BCUT2D eigenvalue weighted by Crippen LogP contribution is -2.66. The predicted molar refractivity (Wildman–Crippen MR) is 135 cm³/mol. The molecular formula is C30H32O6. The van der Waals surface area contributed by atoms with Crippen LogP contribution in [0, 0.1) is 0 Å². The Morgan fingerprint density at radius 2 is 1.19 bits per heavy atom. The van der Waals surface area contributed by atoms with E-state index in [4.69, 9.17) is 28.4 Å². The zero-order valence-electron chi connectivity index (χ0n) is 20.4. The average molecular weight is 489 g/mol. The molecule has 5 rings (SSSR count). The van der Waals surface area contributed by atoms with Crippen molar-refractivity contribution in [3.05, 3.63) is 120 Å². The van der Waals surface area contributed by atoms with Crippen LogP contribution in [0.15, 0.2) is 103 Å². The van der Waals surface area contributed by atoms with E-state index in [-0.39, 0.29) is 0 Å². The third-order valence-corrected chi connectivity index (χ3v) is 6.48. The van der Waals surface area contributed by atoms with E-state index in [1.807, 2.05) is 97.1 Å². The summed E-state index contributed by atoms with van der Waals surface area (Å²) in [4.78, 5) is 0. The Morgan fingerprint density at radius 1 is 0.694 bits per heavy atom. The second-order valence-electron chi connectivity index (χ2n) is 8.97. The van der Waals surface area contributed by atoms with Crippen LogP contribution in [0.3, 0.4) is 0 Å². The molecule has 6 heteroatoms. The molecule has 2 heterocycles. The van der Waals surface area contributed by atoms with Crippen LogP contribution in [0.5, 0.6) is 0 Å². The van der Waals surface area contributed by atoms with Gasteiger partial charge in [0.05, 0.1) is 26.1 Å². The summed E-state index contributed by atoms with van der Waals surface area (Å²) in [6.07, 6.45) is 1.78. The van der Waals surface area contributed by atoms with Gasteiger partial charge in [0.2, 0.25) is 5.79 Å². The fourth-order valence-corrected chi connectivity index (χ4v) is 4.64. The molecule has 5 atom stereocenters. The molecule has 0 radical (unpaired) electrons. The molecule has 2 aliphatic heterocycles. The molecule has 0 unspecified atom stereocenters. The molecule has 6 nitrogen and oxygen atoms in total. The maximum atomic E-state index is 6.57. The van der Waals surface area contributed by atoms with E-state index in [0.29, 0.717) is 26.2 Å². The molecule has 0 bridgehead atoms. The first-order chi connectivity index (χ1) is 17.8. The van der Waals surface area contributed by atoms with E-state index < -0.39 is 30.4 Å². The van der Waals surface area contributed by atoms with Gasteiger partial charge in [-0.05, 0) is 22.8 Å². The smallest absolute Gasteiger partial charge is 0.244 e. The first kappa shape index (κ1) is 24.7. The molecule has 3 aromatic carbocycles. The fourth-order valence-electron chi connectivity index (χ4n) is 4.64. The number of benzene rings is 3. The maximum Gasteiger partial charge on any atom is 0.244 e. The quantitative estimate of drug-likeness (QED) is 0.382. The summed E-state index contributed by atoms with van der Waals surface area (Å²) in [5.74, 6) is -1.07. The van der Waals surface area contributed by atoms with Crippen molar-refractivity contribution < 1.29 is 28.4 Å². The van der Waals surface area contributed by atoms with Gasteiger partial charge in [0.15, 0.2) is 12.4 Å². The van der Waals surface area contributed by atoms with Gasteiger partial charge in [0.25, 0.3) is 0 Å². The zero-order valence-corrected chi connectivity index (χ0v) is 20.4. The standard InChI is InChI=1S/C30H32O6/c1-31-29-27(33-21-24-14-7-3-8-15-24)26(32-20-23-12-5-2-6-13-23)28(30(36-29)18-11-19-35-30)34-22-25-16-9-4-10-17-25/h2-17,19,26-29H,18,20-22H2,1H3/t26-,27-,28+,29+,30+/m1/s1. The Labute approximate surface area is 212 Å². The molecule has 1 fully saturated rings. The summed E-state index contributed by atoms with van der Waals surface area (Å²) in [7, 11) is 1.61. The number of hydrogen-bond donors (Lipinski definition) is 0. The van der Waals surface area contributed by atoms with Crippen LogP contribution in [0.2, 0.25) is 0 Å².